The fourth-order valence-electron chi connectivity index (χ4n) is 2.02. The summed E-state index contributed by atoms with van der Waals surface area (Å²) in [5.41, 5.74) is 1.33. The molecule has 2 rings (SSSR count). The zero-order valence-corrected chi connectivity index (χ0v) is 13.5. The van der Waals surface area contributed by atoms with Crippen LogP contribution in [0.5, 0.6) is 0 Å². The number of rotatable bonds is 8. The lowest BCUT2D eigenvalue weighted by atomic mass is 10.2. The first-order valence-corrected chi connectivity index (χ1v) is 7.70. The van der Waals surface area contributed by atoms with Crippen molar-refractivity contribution in [2.24, 2.45) is 5.92 Å². The van der Waals surface area contributed by atoms with Crippen molar-refractivity contribution < 1.29 is 14.6 Å². The van der Waals surface area contributed by atoms with Crippen LogP contribution in [0, 0.1) is 5.92 Å². The summed E-state index contributed by atoms with van der Waals surface area (Å²) in [5.74, 6) is 0.184. The highest BCUT2D eigenvalue weighted by atomic mass is 16.5. The van der Waals surface area contributed by atoms with Crippen LogP contribution in [-0.2, 0) is 4.74 Å². The lowest BCUT2D eigenvalue weighted by Crippen LogP contribution is -2.34. The van der Waals surface area contributed by atoms with Gasteiger partial charge in [-0.2, -0.15) is 5.10 Å². The highest BCUT2D eigenvalue weighted by molar-refractivity contribution is 5.94. The highest BCUT2D eigenvalue weighted by Gasteiger charge is 2.10. The molecule has 23 heavy (non-hydrogen) atoms. The molecule has 0 aliphatic heterocycles. The molecular weight excluding hydrogens is 294 g/mol. The Labute approximate surface area is 136 Å². The molecule has 1 atom stereocenters. The van der Waals surface area contributed by atoms with Gasteiger partial charge in [0.2, 0.25) is 0 Å². The Hall–Kier alpha value is -2.18. The number of ether oxygens (including phenoxy) is 1. The van der Waals surface area contributed by atoms with Gasteiger partial charge in [-0.05, 0) is 30.2 Å². The number of carbonyl (C=O) groups excluding carboxylic acids is 1. The van der Waals surface area contributed by atoms with Crippen LogP contribution in [0.2, 0.25) is 0 Å². The van der Waals surface area contributed by atoms with Crippen LogP contribution in [0.3, 0.4) is 0 Å². The molecule has 1 heterocycles. The zero-order chi connectivity index (χ0) is 16.7. The van der Waals surface area contributed by atoms with E-state index >= 15 is 0 Å². The van der Waals surface area contributed by atoms with E-state index in [4.69, 9.17) is 4.74 Å². The molecule has 124 valence electrons. The molecular formula is C17H23N3O3. The second kappa shape index (κ2) is 8.45. The van der Waals surface area contributed by atoms with Crippen molar-refractivity contribution in [2.75, 3.05) is 19.8 Å². The molecule has 0 aliphatic carbocycles. The van der Waals surface area contributed by atoms with E-state index in [0.29, 0.717) is 18.1 Å². The number of nitrogens with zero attached hydrogens (tertiary/aromatic N) is 2. The number of hydrogen-bond donors (Lipinski definition) is 2. The Balaban J connectivity index is 1.85. The Morgan fingerprint density at radius 3 is 2.87 bits per heavy atom. The average molecular weight is 317 g/mol. The van der Waals surface area contributed by atoms with Crippen LogP contribution < -0.4 is 5.32 Å². The van der Waals surface area contributed by atoms with Crippen molar-refractivity contribution in [1.82, 2.24) is 15.1 Å². The topological polar surface area (TPSA) is 76.4 Å². The third-order valence-corrected chi connectivity index (χ3v) is 3.14. The summed E-state index contributed by atoms with van der Waals surface area (Å²) in [6.07, 6.45) is 2.78. The Bertz CT molecular complexity index is 611. The summed E-state index contributed by atoms with van der Waals surface area (Å²) < 4.78 is 7.04. The quantitative estimate of drug-likeness (QED) is 0.776. The molecule has 0 spiro atoms. The van der Waals surface area contributed by atoms with Gasteiger partial charge in [0.1, 0.15) is 0 Å². The Kier molecular flexibility index (Phi) is 6.31. The van der Waals surface area contributed by atoms with E-state index in [1.54, 1.807) is 29.1 Å². The first-order chi connectivity index (χ1) is 11.1. The van der Waals surface area contributed by atoms with Crippen molar-refractivity contribution in [2.45, 2.75) is 20.0 Å². The van der Waals surface area contributed by atoms with E-state index in [0.717, 1.165) is 5.69 Å². The van der Waals surface area contributed by atoms with Crippen molar-refractivity contribution in [3.05, 3.63) is 48.3 Å². The van der Waals surface area contributed by atoms with E-state index in [1.807, 2.05) is 32.2 Å². The van der Waals surface area contributed by atoms with E-state index in [2.05, 4.69) is 10.4 Å². The number of amides is 1. The minimum absolute atomic E-state index is 0.156. The van der Waals surface area contributed by atoms with Crippen molar-refractivity contribution in [1.29, 1.82) is 0 Å². The summed E-state index contributed by atoms with van der Waals surface area (Å²) in [6.45, 7) is 5.05. The lowest BCUT2D eigenvalue weighted by molar-refractivity contribution is 0.0259. The highest BCUT2D eigenvalue weighted by Crippen LogP contribution is 2.09. The van der Waals surface area contributed by atoms with Crippen LogP contribution in [0.25, 0.3) is 5.69 Å². The monoisotopic (exact) mass is 317 g/mol. The molecule has 0 saturated heterocycles. The van der Waals surface area contributed by atoms with Crippen LogP contribution >= 0.6 is 0 Å². The number of carbonyl (C=O) groups is 1. The van der Waals surface area contributed by atoms with E-state index in [1.165, 1.54) is 0 Å². The van der Waals surface area contributed by atoms with Gasteiger partial charge in [0.05, 0.1) is 18.4 Å². The van der Waals surface area contributed by atoms with Crippen LogP contribution in [0.4, 0.5) is 0 Å². The average Bonchev–Trinajstić information content (AvgIpc) is 3.07. The molecule has 1 aromatic carbocycles. The fourth-order valence-corrected chi connectivity index (χ4v) is 2.02. The normalized spacial score (nSPS) is 12.3. The minimum atomic E-state index is -0.716. The second-order valence-electron chi connectivity index (χ2n) is 5.80. The van der Waals surface area contributed by atoms with Gasteiger partial charge in [0.25, 0.3) is 5.91 Å². The smallest absolute Gasteiger partial charge is 0.251 e. The van der Waals surface area contributed by atoms with Crippen molar-refractivity contribution >= 4 is 5.91 Å². The number of aliphatic hydroxyl groups is 1. The van der Waals surface area contributed by atoms with Gasteiger partial charge < -0.3 is 15.2 Å². The number of benzene rings is 1. The molecule has 0 saturated carbocycles. The van der Waals surface area contributed by atoms with Crippen molar-refractivity contribution in [3.63, 3.8) is 0 Å². The first-order valence-electron chi connectivity index (χ1n) is 7.70. The van der Waals surface area contributed by atoms with Gasteiger partial charge in [0.15, 0.2) is 0 Å². The van der Waals surface area contributed by atoms with E-state index in [-0.39, 0.29) is 19.1 Å². The summed E-state index contributed by atoms with van der Waals surface area (Å²) in [6, 6.07) is 8.97. The molecule has 0 bridgehead atoms. The second-order valence-corrected chi connectivity index (χ2v) is 5.80. The summed E-state index contributed by atoms with van der Waals surface area (Å²) in [5, 5.41) is 16.7. The maximum Gasteiger partial charge on any atom is 0.251 e. The van der Waals surface area contributed by atoms with Gasteiger partial charge in [-0.25, -0.2) is 4.68 Å². The first kappa shape index (κ1) is 17.2. The van der Waals surface area contributed by atoms with Crippen LogP contribution in [0.1, 0.15) is 24.2 Å². The SMILES string of the molecule is CC(C)COCC(O)CNC(=O)c1cccc(-n2cccn2)c1. The standard InChI is InChI=1S/C17H23N3O3/c1-13(2)11-23-12-16(21)10-18-17(22)14-5-3-6-15(9-14)20-8-4-7-19-20/h3-9,13,16,21H,10-12H2,1-2H3,(H,18,22). The molecule has 1 aromatic heterocycles. The number of nitrogens with one attached hydrogen (secondary N) is 1. The number of aromatic nitrogens is 2. The molecule has 6 nitrogen and oxygen atoms in total. The Morgan fingerprint density at radius 1 is 1.35 bits per heavy atom. The number of hydrogen-bond acceptors (Lipinski definition) is 4. The Morgan fingerprint density at radius 2 is 2.17 bits per heavy atom. The summed E-state index contributed by atoms with van der Waals surface area (Å²) in [4.78, 5) is 12.2. The molecule has 0 radical (unpaired) electrons. The predicted molar refractivity (Wildman–Crippen MR) is 87.6 cm³/mol. The summed E-state index contributed by atoms with van der Waals surface area (Å²) in [7, 11) is 0. The molecule has 1 amide bonds. The third kappa shape index (κ3) is 5.50. The largest absolute Gasteiger partial charge is 0.389 e. The van der Waals surface area contributed by atoms with Crippen molar-refractivity contribution in [3.8, 4) is 5.69 Å². The molecule has 6 heteroatoms. The molecule has 0 fully saturated rings. The molecule has 1 unspecified atom stereocenters. The molecule has 2 aromatic rings. The third-order valence-electron chi connectivity index (χ3n) is 3.14. The maximum atomic E-state index is 12.2. The minimum Gasteiger partial charge on any atom is -0.389 e. The van der Waals surface area contributed by atoms with Gasteiger partial charge in [-0.15, -0.1) is 0 Å². The van der Waals surface area contributed by atoms with E-state index < -0.39 is 6.10 Å². The van der Waals surface area contributed by atoms with Gasteiger partial charge >= 0.3 is 0 Å². The number of aliphatic hydroxyl groups excluding tert-OH is 1. The van der Waals surface area contributed by atoms with Crippen LogP contribution in [0.15, 0.2) is 42.7 Å². The fraction of sp³-hybridized carbons (Fsp3) is 0.412. The van der Waals surface area contributed by atoms with Gasteiger partial charge in [-0.1, -0.05) is 19.9 Å². The zero-order valence-electron chi connectivity index (χ0n) is 13.5. The predicted octanol–water partition coefficient (Wildman–Crippen LogP) is 1.64. The van der Waals surface area contributed by atoms with E-state index in [9.17, 15) is 9.90 Å². The molecule has 0 aliphatic rings. The maximum absolute atomic E-state index is 12.2. The van der Waals surface area contributed by atoms with Gasteiger partial charge in [0, 0.05) is 31.1 Å². The lowest BCUT2D eigenvalue weighted by Gasteiger charge is -2.13. The molecule has 2 N–H and O–H groups in total. The van der Waals surface area contributed by atoms with Gasteiger partial charge in [-0.3, -0.25) is 4.79 Å². The van der Waals surface area contributed by atoms with Crippen LogP contribution in [-0.4, -0.2) is 46.7 Å². The summed E-state index contributed by atoms with van der Waals surface area (Å²) >= 11 is 0.